The van der Waals surface area contributed by atoms with Crippen LogP contribution in [0.5, 0.6) is 5.75 Å². The average molecular weight is 435 g/mol. The van der Waals surface area contributed by atoms with Crippen molar-refractivity contribution < 1.29 is 9.13 Å². The lowest BCUT2D eigenvalue weighted by Crippen LogP contribution is -2.45. The molecule has 0 bridgehead atoms. The van der Waals surface area contributed by atoms with Crippen molar-refractivity contribution in [1.82, 2.24) is 10.2 Å². The van der Waals surface area contributed by atoms with Gasteiger partial charge in [0.05, 0.1) is 6.61 Å². The number of nitrogens with zero attached hydrogens (tertiary/aromatic N) is 2. The fourth-order valence-corrected chi connectivity index (χ4v) is 2.82. The number of nitrogens with one attached hydrogen (secondary N) is 1. The summed E-state index contributed by atoms with van der Waals surface area (Å²) in [6, 6.07) is 5.08. The summed E-state index contributed by atoms with van der Waals surface area (Å²) < 4.78 is 19.1. The Morgan fingerprint density at radius 3 is 2.87 bits per heavy atom. The number of benzene rings is 1. The molecule has 1 heterocycles. The number of piperidine rings is 1. The number of hydrogen-bond donors (Lipinski definition) is 1. The standard InChI is InChI=1S/C17H26FN3O.HI/c1-4-22-16-8-7-14(10-15(16)18)11-20-17(19-3)21-9-5-6-13(2)12-21;/h7-8,10,13H,4-6,9,11-12H2,1-3H3,(H,19,20);1H. The highest BCUT2D eigenvalue weighted by molar-refractivity contribution is 14.0. The molecule has 0 radical (unpaired) electrons. The smallest absolute Gasteiger partial charge is 0.193 e. The molecule has 1 saturated heterocycles. The van der Waals surface area contributed by atoms with Gasteiger partial charge in [0.2, 0.25) is 0 Å². The third-order valence-corrected chi connectivity index (χ3v) is 3.92. The van der Waals surface area contributed by atoms with E-state index in [1.165, 1.54) is 18.9 Å². The van der Waals surface area contributed by atoms with Gasteiger partial charge in [0, 0.05) is 26.7 Å². The van der Waals surface area contributed by atoms with Crippen molar-refractivity contribution in [1.29, 1.82) is 0 Å². The minimum atomic E-state index is -0.317. The third kappa shape index (κ3) is 5.82. The lowest BCUT2D eigenvalue weighted by Gasteiger charge is -2.33. The molecule has 4 nitrogen and oxygen atoms in total. The SMILES string of the molecule is CCOc1ccc(CNC(=NC)N2CCCC(C)C2)cc1F.I. The van der Waals surface area contributed by atoms with Crippen LogP contribution in [0.1, 0.15) is 32.3 Å². The van der Waals surface area contributed by atoms with Crippen LogP contribution in [0, 0.1) is 11.7 Å². The summed E-state index contributed by atoms with van der Waals surface area (Å²) in [4.78, 5) is 6.62. The molecule has 0 spiro atoms. The summed E-state index contributed by atoms with van der Waals surface area (Å²) in [7, 11) is 1.79. The summed E-state index contributed by atoms with van der Waals surface area (Å²) in [5, 5.41) is 3.32. The topological polar surface area (TPSA) is 36.9 Å². The Kier molecular flexibility index (Phi) is 8.65. The van der Waals surface area contributed by atoms with Crippen molar-refractivity contribution >= 4 is 29.9 Å². The van der Waals surface area contributed by atoms with Gasteiger partial charge >= 0.3 is 0 Å². The van der Waals surface area contributed by atoms with E-state index < -0.39 is 0 Å². The van der Waals surface area contributed by atoms with Crippen molar-refractivity contribution in [2.24, 2.45) is 10.9 Å². The number of guanidine groups is 1. The Morgan fingerprint density at radius 2 is 2.26 bits per heavy atom. The molecule has 2 rings (SSSR count). The molecule has 0 amide bonds. The predicted octanol–water partition coefficient (Wildman–Crippen LogP) is 3.65. The minimum Gasteiger partial charge on any atom is -0.491 e. The van der Waals surface area contributed by atoms with E-state index in [1.807, 2.05) is 13.0 Å². The van der Waals surface area contributed by atoms with Crippen LogP contribution in [-0.4, -0.2) is 37.6 Å². The van der Waals surface area contributed by atoms with E-state index in [9.17, 15) is 4.39 Å². The van der Waals surface area contributed by atoms with Crippen molar-refractivity contribution in [3.63, 3.8) is 0 Å². The molecule has 1 aliphatic rings. The highest BCUT2D eigenvalue weighted by Crippen LogP contribution is 2.19. The normalized spacial score (nSPS) is 18.3. The van der Waals surface area contributed by atoms with Gasteiger partial charge in [0.25, 0.3) is 0 Å². The quantitative estimate of drug-likeness (QED) is 0.446. The van der Waals surface area contributed by atoms with Gasteiger partial charge in [-0.25, -0.2) is 4.39 Å². The first-order valence-electron chi connectivity index (χ1n) is 8.00. The van der Waals surface area contributed by atoms with E-state index in [0.29, 0.717) is 24.8 Å². The first-order chi connectivity index (χ1) is 10.6. The van der Waals surface area contributed by atoms with Crippen LogP contribution in [0.15, 0.2) is 23.2 Å². The second kappa shape index (κ2) is 9.95. The van der Waals surface area contributed by atoms with E-state index in [-0.39, 0.29) is 29.8 Å². The van der Waals surface area contributed by atoms with Crippen LogP contribution in [-0.2, 0) is 6.54 Å². The molecule has 1 unspecified atom stereocenters. The maximum Gasteiger partial charge on any atom is 0.193 e. The minimum absolute atomic E-state index is 0. The Labute approximate surface area is 155 Å². The maximum absolute atomic E-state index is 13.9. The predicted molar refractivity (Wildman–Crippen MR) is 103 cm³/mol. The zero-order valence-electron chi connectivity index (χ0n) is 14.1. The zero-order valence-corrected chi connectivity index (χ0v) is 16.5. The molecule has 0 saturated carbocycles. The number of halogens is 2. The van der Waals surface area contributed by atoms with Crippen molar-refractivity contribution in [2.45, 2.75) is 33.2 Å². The highest BCUT2D eigenvalue weighted by atomic mass is 127. The molecular formula is C17H27FIN3O. The summed E-state index contributed by atoms with van der Waals surface area (Å²) in [5.41, 5.74) is 0.882. The summed E-state index contributed by atoms with van der Waals surface area (Å²) >= 11 is 0. The average Bonchev–Trinajstić information content (AvgIpc) is 2.51. The van der Waals surface area contributed by atoms with Gasteiger partial charge in [-0.15, -0.1) is 24.0 Å². The molecule has 6 heteroatoms. The van der Waals surface area contributed by atoms with Gasteiger partial charge in [0.15, 0.2) is 17.5 Å². The van der Waals surface area contributed by atoms with Crippen molar-refractivity contribution in [2.75, 3.05) is 26.7 Å². The van der Waals surface area contributed by atoms with Crippen LogP contribution < -0.4 is 10.1 Å². The van der Waals surface area contributed by atoms with Crippen LogP contribution in [0.3, 0.4) is 0 Å². The molecule has 23 heavy (non-hydrogen) atoms. The first-order valence-corrected chi connectivity index (χ1v) is 8.00. The van der Waals surface area contributed by atoms with Gasteiger partial charge in [-0.3, -0.25) is 4.99 Å². The van der Waals surface area contributed by atoms with Crippen molar-refractivity contribution in [3.05, 3.63) is 29.6 Å². The van der Waals surface area contributed by atoms with Crippen molar-refractivity contribution in [3.8, 4) is 5.75 Å². The zero-order chi connectivity index (χ0) is 15.9. The highest BCUT2D eigenvalue weighted by Gasteiger charge is 2.19. The van der Waals surface area contributed by atoms with Crippen LogP contribution in [0.4, 0.5) is 4.39 Å². The lowest BCUT2D eigenvalue weighted by atomic mass is 10.0. The van der Waals surface area contributed by atoms with Gasteiger partial charge in [-0.05, 0) is 43.4 Å². The first kappa shape index (κ1) is 20.0. The molecule has 130 valence electrons. The fourth-order valence-electron chi connectivity index (χ4n) is 2.82. The van der Waals surface area contributed by atoms with Gasteiger partial charge < -0.3 is 15.0 Å². The molecule has 1 aliphatic heterocycles. The van der Waals surface area contributed by atoms with E-state index in [4.69, 9.17) is 4.74 Å². The van der Waals surface area contributed by atoms with Gasteiger partial charge in [0.1, 0.15) is 0 Å². The lowest BCUT2D eigenvalue weighted by molar-refractivity contribution is 0.266. The van der Waals surface area contributed by atoms with Crippen LogP contribution in [0.25, 0.3) is 0 Å². The molecule has 1 N–H and O–H groups in total. The number of ether oxygens (including phenoxy) is 1. The van der Waals surface area contributed by atoms with E-state index in [2.05, 4.69) is 22.1 Å². The second-order valence-corrected chi connectivity index (χ2v) is 5.79. The second-order valence-electron chi connectivity index (χ2n) is 5.79. The fraction of sp³-hybridized carbons (Fsp3) is 0.588. The molecular weight excluding hydrogens is 408 g/mol. The number of hydrogen-bond acceptors (Lipinski definition) is 2. The Hall–Kier alpha value is -1.05. The molecule has 1 atom stereocenters. The molecule has 1 aromatic rings. The summed E-state index contributed by atoms with van der Waals surface area (Å²) in [5.74, 6) is 1.57. The summed E-state index contributed by atoms with van der Waals surface area (Å²) in [6.07, 6.45) is 2.47. The molecule has 1 fully saturated rings. The molecule has 0 aliphatic carbocycles. The van der Waals surface area contributed by atoms with Crippen LogP contribution in [0.2, 0.25) is 0 Å². The largest absolute Gasteiger partial charge is 0.491 e. The summed E-state index contributed by atoms with van der Waals surface area (Å²) in [6.45, 7) is 7.19. The number of likely N-dealkylation sites (tertiary alicyclic amines) is 1. The molecule has 1 aromatic carbocycles. The third-order valence-electron chi connectivity index (χ3n) is 3.92. The van der Waals surface area contributed by atoms with Gasteiger partial charge in [-0.1, -0.05) is 13.0 Å². The Morgan fingerprint density at radius 1 is 1.48 bits per heavy atom. The Bertz CT molecular complexity index is 525. The van der Waals surface area contributed by atoms with E-state index in [0.717, 1.165) is 24.6 Å². The number of rotatable bonds is 4. The Balaban J connectivity index is 0.00000264. The van der Waals surface area contributed by atoms with Crippen LogP contribution >= 0.6 is 24.0 Å². The maximum atomic E-state index is 13.9. The monoisotopic (exact) mass is 435 g/mol. The number of aliphatic imine (C=N–C) groups is 1. The van der Waals surface area contributed by atoms with E-state index >= 15 is 0 Å². The van der Waals surface area contributed by atoms with E-state index in [1.54, 1.807) is 13.1 Å². The molecule has 0 aromatic heterocycles. The van der Waals surface area contributed by atoms with Gasteiger partial charge in [-0.2, -0.15) is 0 Å².